The first-order chi connectivity index (χ1) is 14.3. The van der Waals surface area contributed by atoms with Crippen LogP contribution in [0.5, 0.6) is 0 Å². The van der Waals surface area contributed by atoms with Crippen molar-refractivity contribution in [1.82, 2.24) is 4.98 Å². The van der Waals surface area contributed by atoms with Crippen molar-refractivity contribution >= 4 is 11.7 Å². The molecule has 0 amide bonds. The molecular formula is C25H24N2O2. The summed E-state index contributed by atoms with van der Waals surface area (Å²) >= 11 is 0. The van der Waals surface area contributed by atoms with Crippen molar-refractivity contribution < 1.29 is 9.53 Å². The molecule has 3 aromatic rings. The summed E-state index contributed by atoms with van der Waals surface area (Å²) in [6.07, 6.45) is 6.62. The van der Waals surface area contributed by atoms with Gasteiger partial charge in [-0.1, -0.05) is 60.7 Å². The third-order valence-corrected chi connectivity index (χ3v) is 5.49. The van der Waals surface area contributed by atoms with Gasteiger partial charge in [-0.3, -0.25) is 9.98 Å². The predicted molar refractivity (Wildman–Crippen MR) is 114 cm³/mol. The predicted octanol–water partition coefficient (Wildman–Crippen LogP) is 4.58. The number of hydrogen-bond acceptors (Lipinski definition) is 4. The maximum absolute atomic E-state index is 12.9. The summed E-state index contributed by atoms with van der Waals surface area (Å²) in [5.74, 6) is -0.349. The molecule has 0 saturated carbocycles. The second-order valence-corrected chi connectivity index (χ2v) is 7.25. The number of methoxy groups -OCH3 is 1. The van der Waals surface area contributed by atoms with E-state index in [0.717, 1.165) is 41.7 Å². The van der Waals surface area contributed by atoms with Gasteiger partial charge in [0.05, 0.1) is 12.8 Å². The molecule has 2 atom stereocenters. The van der Waals surface area contributed by atoms with E-state index in [1.807, 2.05) is 73.1 Å². The van der Waals surface area contributed by atoms with Gasteiger partial charge >= 0.3 is 5.97 Å². The van der Waals surface area contributed by atoms with E-state index in [0.29, 0.717) is 0 Å². The molecule has 4 rings (SSSR count). The Hall–Kier alpha value is -3.27. The van der Waals surface area contributed by atoms with Crippen LogP contribution in [0.4, 0.5) is 0 Å². The zero-order chi connectivity index (χ0) is 20.1. The number of nitrogens with zero attached hydrogens (tertiary/aromatic N) is 2. The van der Waals surface area contributed by atoms with Gasteiger partial charge in [-0.2, -0.15) is 0 Å². The number of hydrogen-bond donors (Lipinski definition) is 0. The summed E-state index contributed by atoms with van der Waals surface area (Å²) in [6.45, 7) is 0. The van der Waals surface area contributed by atoms with Gasteiger partial charge in [0.2, 0.25) is 0 Å². The first-order valence-electron chi connectivity index (χ1n) is 9.97. The maximum atomic E-state index is 12.9. The molecule has 0 fully saturated rings. The lowest BCUT2D eigenvalue weighted by Gasteiger charge is -2.29. The van der Waals surface area contributed by atoms with Gasteiger partial charge in [0.15, 0.2) is 6.04 Å². The van der Waals surface area contributed by atoms with Gasteiger partial charge in [0.25, 0.3) is 0 Å². The van der Waals surface area contributed by atoms with Gasteiger partial charge in [0, 0.05) is 29.4 Å². The Kier molecular flexibility index (Phi) is 5.80. The van der Waals surface area contributed by atoms with Crippen LogP contribution in [0.1, 0.15) is 41.0 Å². The fraction of sp³-hybridized carbons (Fsp3) is 0.240. The standard InChI is InChI=1S/C25H24N2O2/c1-29-25(28)24(21-14-8-13-18-15-16-26-17-22(18)21)27-23(19-9-4-2-5-10-19)20-11-6-3-7-12-20/h2-7,9-12,15-17,21,24H,8,13-14H2,1H3. The molecule has 4 nitrogen and oxygen atoms in total. The molecule has 2 aromatic carbocycles. The Morgan fingerprint density at radius 2 is 1.69 bits per heavy atom. The Morgan fingerprint density at radius 3 is 2.31 bits per heavy atom. The van der Waals surface area contributed by atoms with E-state index in [1.54, 1.807) is 0 Å². The number of pyridine rings is 1. The number of carbonyl (C=O) groups excluding carboxylic acids is 1. The van der Waals surface area contributed by atoms with Crippen LogP contribution in [0.2, 0.25) is 0 Å². The van der Waals surface area contributed by atoms with E-state index in [9.17, 15) is 4.79 Å². The molecule has 1 heterocycles. The van der Waals surface area contributed by atoms with Crippen molar-refractivity contribution in [1.29, 1.82) is 0 Å². The van der Waals surface area contributed by atoms with Gasteiger partial charge in [-0.25, -0.2) is 4.79 Å². The minimum absolute atomic E-state index is 0.0395. The number of benzene rings is 2. The van der Waals surface area contributed by atoms with Crippen molar-refractivity contribution in [2.24, 2.45) is 4.99 Å². The first-order valence-corrected chi connectivity index (χ1v) is 9.97. The molecule has 0 saturated heterocycles. The molecule has 0 radical (unpaired) electrons. The Morgan fingerprint density at radius 1 is 1.03 bits per heavy atom. The quantitative estimate of drug-likeness (QED) is 0.478. The van der Waals surface area contributed by atoms with Crippen molar-refractivity contribution in [3.8, 4) is 0 Å². The second kappa shape index (κ2) is 8.82. The number of carbonyl (C=O) groups is 1. The highest BCUT2D eigenvalue weighted by Gasteiger charge is 2.34. The van der Waals surface area contributed by atoms with E-state index in [2.05, 4.69) is 11.1 Å². The second-order valence-electron chi connectivity index (χ2n) is 7.25. The molecule has 0 aliphatic heterocycles. The maximum Gasteiger partial charge on any atom is 0.331 e. The van der Waals surface area contributed by atoms with Crippen molar-refractivity contribution in [3.05, 3.63) is 101 Å². The lowest BCUT2D eigenvalue weighted by Crippen LogP contribution is -2.31. The number of ether oxygens (including phenoxy) is 1. The number of rotatable bonds is 5. The number of esters is 1. The number of aromatic nitrogens is 1. The average molecular weight is 384 g/mol. The van der Waals surface area contributed by atoms with Crippen molar-refractivity contribution in [2.75, 3.05) is 7.11 Å². The number of fused-ring (bicyclic) bond motifs is 1. The molecule has 29 heavy (non-hydrogen) atoms. The molecule has 1 aliphatic rings. The van der Waals surface area contributed by atoms with Gasteiger partial charge in [-0.05, 0) is 36.5 Å². The number of aliphatic imine (C=N–C) groups is 1. The molecule has 1 aromatic heterocycles. The highest BCUT2D eigenvalue weighted by molar-refractivity contribution is 6.13. The van der Waals surface area contributed by atoms with Crippen LogP contribution >= 0.6 is 0 Å². The highest BCUT2D eigenvalue weighted by atomic mass is 16.5. The monoisotopic (exact) mass is 384 g/mol. The molecule has 0 spiro atoms. The largest absolute Gasteiger partial charge is 0.467 e. The van der Waals surface area contributed by atoms with Gasteiger partial charge < -0.3 is 4.74 Å². The van der Waals surface area contributed by atoms with Crippen LogP contribution < -0.4 is 0 Å². The highest BCUT2D eigenvalue weighted by Crippen LogP contribution is 2.35. The molecule has 0 bridgehead atoms. The topological polar surface area (TPSA) is 51.5 Å². The SMILES string of the molecule is COC(=O)C(N=C(c1ccccc1)c1ccccc1)C1CCCc2ccncc21. The van der Waals surface area contributed by atoms with Crippen LogP contribution in [0.25, 0.3) is 0 Å². The zero-order valence-corrected chi connectivity index (χ0v) is 16.5. The lowest BCUT2D eigenvalue weighted by molar-refractivity contribution is -0.142. The smallest absolute Gasteiger partial charge is 0.331 e. The summed E-state index contributed by atoms with van der Waals surface area (Å²) in [6, 6.07) is 21.4. The van der Waals surface area contributed by atoms with Gasteiger partial charge in [0.1, 0.15) is 0 Å². The van der Waals surface area contributed by atoms with Crippen LogP contribution in [0.15, 0.2) is 84.1 Å². The van der Waals surface area contributed by atoms with Crippen LogP contribution in [-0.4, -0.2) is 29.8 Å². The van der Waals surface area contributed by atoms with Crippen LogP contribution in [0, 0.1) is 0 Å². The van der Waals surface area contributed by atoms with Gasteiger partial charge in [-0.15, -0.1) is 0 Å². The van der Waals surface area contributed by atoms with E-state index in [4.69, 9.17) is 9.73 Å². The average Bonchev–Trinajstić information content (AvgIpc) is 2.80. The van der Waals surface area contributed by atoms with Crippen molar-refractivity contribution in [2.45, 2.75) is 31.2 Å². The van der Waals surface area contributed by atoms with E-state index < -0.39 is 6.04 Å². The summed E-state index contributed by atoms with van der Waals surface area (Å²) in [5.41, 5.74) is 5.13. The number of aryl methyl sites for hydroxylation is 1. The lowest BCUT2D eigenvalue weighted by atomic mass is 9.79. The minimum atomic E-state index is -0.612. The Labute approximate surface area is 171 Å². The fourth-order valence-electron chi connectivity index (χ4n) is 4.07. The third kappa shape index (κ3) is 4.11. The Balaban J connectivity index is 1.84. The first kappa shape index (κ1) is 19.1. The third-order valence-electron chi connectivity index (χ3n) is 5.49. The Bertz CT molecular complexity index is 958. The molecule has 4 heteroatoms. The van der Waals surface area contributed by atoms with E-state index >= 15 is 0 Å². The molecule has 0 N–H and O–H groups in total. The molecule has 1 aliphatic carbocycles. The zero-order valence-electron chi connectivity index (χ0n) is 16.5. The minimum Gasteiger partial charge on any atom is -0.467 e. The summed E-state index contributed by atoms with van der Waals surface area (Å²) in [5, 5.41) is 0. The van der Waals surface area contributed by atoms with E-state index in [1.165, 1.54) is 12.7 Å². The summed E-state index contributed by atoms with van der Waals surface area (Å²) in [7, 11) is 1.43. The van der Waals surface area contributed by atoms with Crippen LogP contribution in [-0.2, 0) is 16.0 Å². The van der Waals surface area contributed by atoms with E-state index in [-0.39, 0.29) is 11.9 Å². The van der Waals surface area contributed by atoms with Crippen LogP contribution in [0.3, 0.4) is 0 Å². The normalized spacial score (nSPS) is 16.4. The molecule has 2 unspecified atom stereocenters. The summed E-state index contributed by atoms with van der Waals surface area (Å²) < 4.78 is 5.19. The molecule has 146 valence electrons. The summed E-state index contributed by atoms with van der Waals surface area (Å²) in [4.78, 5) is 22.2. The molecular weight excluding hydrogens is 360 g/mol. The fourth-order valence-corrected chi connectivity index (χ4v) is 4.07. The van der Waals surface area contributed by atoms with Crippen molar-refractivity contribution in [3.63, 3.8) is 0 Å².